The van der Waals surface area contributed by atoms with Gasteiger partial charge in [0.2, 0.25) is 0 Å². The van der Waals surface area contributed by atoms with Crippen molar-refractivity contribution in [2.45, 2.75) is 6.92 Å². The third-order valence-corrected chi connectivity index (χ3v) is 3.91. The Balaban J connectivity index is 1.71. The van der Waals surface area contributed by atoms with Crippen LogP contribution in [0, 0.1) is 6.92 Å². The van der Waals surface area contributed by atoms with Crippen LogP contribution in [0.3, 0.4) is 0 Å². The van der Waals surface area contributed by atoms with Crippen molar-refractivity contribution in [2.24, 2.45) is 0 Å². The van der Waals surface area contributed by atoms with Gasteiger partial charge in [-0.25, -0.2) is 9.78 Å². The number of carbonyl (C=O) groups is 1. The Morgan fingerprint density at radius 1 is 1.14 bits per heavy atom. The van der Waals surface area contributed by atoms with Gasteiger partial charge in [0.15, 0.2) is 5.69 Å². The number of nitrogens with zero attached hydrogens (tertiary/aromatic N) is 4. The zero-order valence-electron chi connectivity index (χ0n) is 12.4. The zero-order valence-corrected chi connectivity index (χ0v) is 12.4. The molecular weight excluding hydrogens is 280 g/mol. The SMILES string of the molecule is Cc1ccncc1N1CCN(c2cccc(C(=O)O)n2)CC1. The highest BCUT2D eigenvalue weighted by molar-refractivity contribution is 5.85. The topological polar surface area (TPSA) is 69.6 Å². The van der Waals surface area contributed by atoms with E-state index in [1.165, 1.54) is 11.6 Å². The molecule has 3 heterocycles. The molecule has 1 saturated heterocycles. The maximum absolute atomic E-state index is 11.0. The number of aromatic carboxylic acids is 1. The molecule has 0 unspecified atom stereocenters. The number of piperazine rings is 1. The predicted molar refractivity (Wildman–Crippen MR) is 84.6 cm³/mol. The van der Waals surface area contributed by atoms with Crippen molar-refractivity contribution in [2.75, 3.05) is 36.0 Å². The number of hydrogen-bond donors (Lipinski definition) is 1. The molecule has 1 aliphatic rings. The predicted octanol–water partition coefficient (Wildman–Crippen LogP) is 1.81. The van der Waals surface area contributed by atoms with Gasteiger partial charge in [-0.1, -0.05) is 6.07 Å². The van der Waals surface area contributed by atoms with Gasteiger partial charge in [-0.05, 0) is 30.7 Å². The molecule has 6 heteroatoms. The average Bonchev–Trinajstić information content (AvgIpc) is 2.56. The number of carboxylic acid groups (broad SMARTS) is 1. The lowest BCUT2D eigenvalue weighted by Crippen LogP contribution is -2.47. The number of rotatable bonds is 3. The van der Waals surface area contributed by atoms with E-state index in [0.717, 1.165) is 37.7 Å². The van der Waals surface area contributed by atoms with Crippen LogP contribution in [0.25, 0.3) is 0 Å². The number of aryl methyl sites for hydroxylation is 1. The summed E-state index contributed by atoms with van der Waals surface area (Å²) in [7, 11) is 0. The molecule has 1 fully saturated rings. The van der Waals surface area contributed by atoms with Gasteiger partial charge in [0.05, 0.1) is 11.9 Å². The Morgan fingerprint density at radius 2 is 1.86 bits per heavy atom. The van der Waals surface area contributed by atoms with Crippen molar-refractivity contribution < 1.29 is 9.90 Å². The molecule has 3 rings (SSSR count). The quantitative estimate of drug-likeness (QED) is 0.932. The summed E-state index contributed by atoms with van der Waals surface area (Å²) in [6, 6.07) is 7.13. The molecule has 22 heavy (non-hydrogen) atoms. The molecule has 6 nitrogen and oxygen atoms in total. The minimum absolute atomic E-state index is 0.0861. The maximum Gasteiger partial charge on any atom is 0.354 e. The Morgan fingerprint density at radius 3 is 2.55 bits per heavy atom. The van der Waals surface area contributed by atoms with Crippen LogP contribution < -0.4 is 9.80 Å². The van der Waals surface area contributed by atoms with Gasteiger partial charge in [0, 0.05) is 32.4 Å². The normalized spacial score (nSPS) is 15.0. The van der Waals surface area contributed by atoms with Crippen LogP contribution in [-0.4, -0.2) is 47.2 Å². The molecule has 0 spiro atoms. The van der Waals surface area contributed by atoms with Gasteiger partial charge >= 0.3 is 5.97 Å². The van der Waals surface area contributed by atoms with Gasteiger partial charge < -0.3 is 14.9 Å². The van der Waals surface area contributed by atoms with Crippen LogP contribution in [0.15, 0.2) is 36.7 Å². The summed E-state index contributed by atoms with van der Waals surface area (Å²) in [5.74, 6) is -0.270. The smallest absolute Gasteiger partial charge is 0.354 e. The number of pyridine rings is 2. The summed E-state index contributed by atoms with van der Waals surface area (Å²) in [5.41, 5.74) is 2.46. The fourth-order valence-corrected chi connectivity index (χ4v) is 2.68. The molecule has 0 aromatic carbocycles. The first-order chi connectivity index (χ1) is 10.6. The molecule has 2 aromatic heterocycles. The molecule has 0 aliphatic carbocycles. The molecule has 0 bridgehead atoms. The maximum atomic E-state index is 11.0. The van der Waals surface area contributed by atoms with Crippen LogP contribution in [0.1, 0.15) is 16.1 Å². The summed E-state index contributed by atoms with van der Waals surface area (Å²) in [6.07, 6.45) is 3.70. The van der Waals surface area contributed by atoms with E-state index in [4.69, 9.17) is 5.11 Å². The summed E-state index contributed by atoms with van der Waals surface area (Å²) < 4.78 is 0. The summed E-state index contributed by atoms with van der Waals surface area (Å²) >= 11 is 0. The second-order valence-electron chi connectivity index (χ2n) is 5.32. The second-order valence-corrected chi connectivity index (χ2v) is 5.32. The minimum atomic E-state index is -0.994. The summed E-state index contributed by atoms with van der Waals surface area (Å²) in [6.45, 7) is 5.44. The lowest BCUT2D eigenvalue weighted by molar-refractivity contribution is 0.0690. The number of aromatic nitrogens is 2. The van der Waals surface area contributed by atoms with Crippen LogP contribution in [0.2, 0.25) is 0 Å². The first-order valence-electron chi connectivity index (χ1n) is 7.26. The molecule has 114 valence electrons. The van der Waals surface area contributed by atoms with Crippen molar-refractivity contribution in [3.05, 3.63) is 47.9 Å². The summed E-state index contributed by atoms with van der Waals surface area (Å²) in [5, 5.41) is 9.03. The van der Waals surface area contributed by atoms with E-state index in [9.17, 15) is 4.79 Å². The standard InChI is InChI=1S/C16H18N4O2/c1-12-5-6-17-11-14(12)19-7-9-20(10-8-19)15-4-2-3-13(18-15)16(21)22/h2-6,11H,7-10H2,1H3,(H,21,22). The van der Waals surface area contributed by atoms with Crippen LogP contribution in [-0.2, 0) is 0 Å². The summed E-state index contributed by atoms with van der Waals surface area (Å²) in [4.78, 5) is 23.8. The molecule has 0 amide bonds. The first-order valence-corrected chi connectivity index (χ1v) is 7.26. The van der Waals surface area contributed by atoms with Crippen molar-refractivity contribution in [3.8, 4) is 0 Å². The second kappa shape index (κ2) is 6.01. The van der Waals surface area contributed by atoms with E-state index in [1.54, 1.807) is 12.3 Å². The number of hydrogen-bond acceptors (Lipinski definition) is 5. The molecule has 1 aliphatic heterocycles. The van der Waals surface area contributed by atoms with Crippen LogP contribution in [0.4, 0.5) is 11.5 Å². The van der Waals surface area contributed by atoms with Gasteiger partial charge in [-0.3, -0.25) is 4.98 Å². The largest absolute Gasteiger partial charge is 0.477 e. The van der Waals surface area contributed by atoms with E-state index in [2.05, 4.69) is 26.7 Å². The minimum Gasteiger partial charge on any atom is -0.477 e. The van der Waals surface area contributed by atoms with E-state index < -0.39 is 5.97 Å². The lowest BCUT2D eigenvalue weighted by atomic mass is 10.2. The highest BCUT2D eigenvalue weighted by atomic mass is 16.4. The third-order valence-electron chi connectivity index (χ3n) is 3.91. The van der Waals surface area contributed by atoms with Crippen molar-refractivity contribution in [1.82, 2.24) is 9.97 Å². The Hall–Kier alpha value is -2.63. The van der Waals surface area contributed by atoms with E-state index in [1.807, 2.05) is 18.3 Å². The molecule has 2 aromatic rings. The van der Waals surface area contributed by atoms with Crippen LogP contribution in [0.5, 0.6) is 0 Å². The van der Waals surface area contributed by atoms with Crippen LogP contribution >= 0.6 is 0 Å². The number of carboxylic acids is 1. The van der Waals surface area contributed by atoms with Crippen molar-refractivity contribution >= 4 is 17.5 Å². The van der Waals surface area contributed by atoms with Gasteiger partial charge in [0.25, 0.3) is 0 Å². The van der Waals surface area contributed by atoms with Crippen molar-refractivity contribution in [1.29, 1.82) is 0 Å². The van der Waals surface area contributed by atoms with E-state index in [0.29, 0.717) is 0 Å². The zero-order chi connectivity index (χ0) is 15.5. The molecule has 0 radical (unpaired) electrons. The molecular formula is C16H18N4O2. The van der Waals surface area contributed by atoms with Crippen molar-refractivity contribution in [3.63, 3.8) is 0 Å². The fraction of sp³-hybridized carbons (Fsp3) is 0.312. The van der Waals surface area contributed by atoms with Gasteiger partial charge in [0.1, 0.15) is 5.82 Å². The molecule has 0 saturated carbocycles. The molecule has 0 atom stereocenters. The van der Waals surface area contributed by atoms with Gasteiger partial charge in [-0.2, -0.15) is 0 Å². The van der Waals surface area contributed by atoms with E-state index in [-0.39, 0.29) is 5.69 Å². The third kappa shape index (κ3) is 2.86. The number of anilines is 2. The first kappa shape index (κ1) is 14.3. The Labute approximate surface area is 129 Å². The Bertz CT molecular complexity index is 681. The average molecular weight is 298 g/mol. The van der Waals surface area contributed by atoms with Gasteiger partial charge in [-0.15, -0.1) is 0 Å². The van der Waals surface area contributed by atoms with E-state index >= 15 is 0 Å². The molecule has 1 N–H and O–H groups in total. The highest BCUT2D eigenvalue weighted by Gasteiger charge is 2.20. The Kier molecular flexibility index (Phi) is 3.91. The monoisotopic (exact) mass is 298 g/mol. The highest BCUT2D eigenvalue weighted by Crippen LogP contribution is 2.21. The fourth-order valence-electron chi connectivity index (χ4n) is 2.68. The lowest BCUT2D eigenvalue weighted by Gasteiger charge is -2.37.